The molecule has 0 spiro atoms. The van der Waals surface area contributed by atoms with Gasteiger partial charge in [-0.05, 0) is 104 Å². The summed E-state index contributed by atoms with van der Waals surface area (Å²) in [4.78, 5) is 16.1. The molecule has 5 N–H and O–H groups in total. The first-order valence-electron chi connectivity index (χ1n) is 29.0. The second-order valence-electron chi connectivity index (χ2n) is 22.1. The minimum absolute atomic E-state index is 0.0141. The number of phenolic OH excluding ortho intramolecular Hbond substituents is 4. The molecule has 6 rings (SSSR count). The van der Waals surface area contributed by atoms with E-state index in [1.54, 1.807) is 48.5 Å². The summed E-state index contributed by atoms with van der Waals surface area (Å²) in [6.45, 7) is 4.60. The van der Waals surface area contributed by atoms with E-state index in [0.29, 0.717) is 62.7 Å². The highest BCUT2D eigenvalue weighted by Gasteiger charge is 2.57. The Morgan fingerprint density at radius 2 is 0.780 bits per heavy atom. The Hall–Kier alpha value is -5.95. The van der Waals surface area contributed by atoms with Crippen LogP contribution in [-0.2, 0) is 4.79 Å². The predicted octanol–water partition coefficient (Wildman–Crippen LogP) is 18.2. The van der Waals surface area contributed by atoms with Crippen LogP contribution in [-0.4, -0.2) is 82.0 Å². The number of anilines is 2. The first-order chi connectivity index (χ1) is 38.9. The van der Waals surface area contributed by atoms with Crippen molar-refractivity contribution in [2.45, 2.75) is 197 Å². The molecule has 2 aliphatic rings. The van der Waals surface area contributed by atoms with Crippen molar-refractivity contribution < 1.29 is 83.7 Å². The number of benzene rings is 4. The van der Waals surface area contributed by atoms with Crippen molar-refractivity contribution in [2.24, 2.45) is 11.8 Å². The smallest absolute Gasteiger partial charge is 0.453 e. The second kappa shape index (κ2) is 32.2. The van der Waals surface area contributed by atoms with Crippen molar-refractivity contribution >= 4 is 17.3 Å². The molecule has 0 saturated heterocycles. The van der Waals surface area contributed by atoms with E-state index in [0.717, 1.165) is 119 Å². The highest BCUT2D eigenvalue weighted by atomic mass is 19.4. The van der Waals surface area contributed by atoms with Crippen molar-refractivity contribution in [3.8, 4) is 34.5 Å². The zero-order chi connectivity index (χ0) is 59.9. The number of ether oxygens (including phenoxy) is 2. The Morgan fingerprint density at radius 3 is 1.13 bits per heavy atom. The molecule has 2 unspecified atom stereocenters. The lowest BCUT2D eigenvalue weighted by Gasteiger charge is -2.39. The third kappa shape index (κ3) is 21.3. The fraction of sp³-hybridized carbons (Fsp3) is 0.597. The van der Waals surface area contributed by atoms with Crippen molar-refractivity contribution in [3.63, 3.8) is 0 Å². The average Bonchev–Trinajstić information content (AvgIpc) is 3.56. The lowest BCUT2D eigenvalue weighted by molar-refractivity contribution is -0.284. The normalized spacial score (nSPS) is 16.3. The summed E-state index contributed by atoms with van der Waals surface area (Å²) in [5.74, 6) is -8.42. The van der Waals surface area contributed by atoms with Gasteiger partial charge in [0.2, 0.25) is 0 Å². The quantitative estimate of drug-likeness (QED) is 0.0231. The number of carbonyl (C=O) groups is 1. The molecule has 0 aromatic heterocycles. The molecule has 0 bridgehead atoms. The van der Waals surface area contributed by atoms with E-state index in [2.05, 4.69) is 16.7 Å². The number of carboxylic acids is 1. The summed E-state index contributed by atoms with van der Waals surface area (Å²) in [5, 5.41) is 48.5. The van der Waals surface area contributed by atoms with Crippen molar-refractivity contribution in [1.29, 1.82) is 0 Å². The third-order valence-corrected chi connectivity index (χ3v) is 15.6. The van der Waals surface area contributed by atoms with Gasteiger partial charge in [-0.3, -0.25) is 4.79 Å². The van der Waals surface area contributed by atoms with Crippen molar-refractivity contribution in [2.75, 3.05) is 36.1 Å². The van der Waals surface area contributed by atoms with Gasteiger partial charge in [-0.2, -0.15) is 43.9 Å². The van der Waals surface area contributed by atoms with Gasteiger partial charge in [-0.1, -0.05) is 134 Å². The summed E-state index contributed by atoms with van der Waals surface area (Å²) in [6, 6.07) is 24.5. The van der Waals surface area contributed by atoms with E-state index >= 15 is 0 Å². The number of fused-ring (bicyclic) bond motifs is 2. The van der Waals surface area contributed by atoms with Crippen molar-refractivity contribution in [3.05, 3.63) is 96.1 Å². The number of aliphatic carboxylic acids is 1. The van der Waals surface area contributed by atoms with Crippen LogP contribution >= 0.6 is 0 Å². The fourth-order valence-electron chi connectivity index (χ4n) is 10.7. The highest BCUT2D eigenvalue weighted by Crippen LogP contribution is 2.45. The van der Waals surface area contributed by atoms with Gasteiger partial charge in [0, 0.05) is 38.1 Å². The molecular formula is C62H82F10N2O8. The van der Waals surface area contributed by atoms with E-state index in [9.17, 15) is 74.2 Å². The van der Waals surface area contributed by atoms with Gasteiger partial charge in [0.15, 0.2) is 0 Å². The third-order valence-electron chi connectivity index (χ3n) is 15.6. The molecule has 0 amide bonds. The second-order valence-corrected chi connectivity index (χ2v) is 22.1. The average molecular weight is 1170 g/mol. The molecule has 0 radical (unpaired) electrons. The fourth-order valence-corrected chi connectivity index (χ4v) is 10.7. The molecular weight excluding hydrogens is 1090 g/mol. The first-order valence-corrected chi connectivity index (χ1v) is 29.0. The van der Waals surface area contributed by atoms with Gasteiger partial charge < -0.3 is 44.8 Å². The molecule has 10 nitrogen and oxygen atoms in total. The van der Waals surface area contributed by atoms with E-state index < -0.39 is 48.9 Å². The van der Waals surface area contributed by atoms with Crippen LogP contribution in [0.4, 0.5) is 55.3 Å². The number of nitrogens with zero attached hydrogens (tertiary/aromatic N) is 2. The molecule has 0 saturated carbocycles. The van der Waals surface area contributed by atoms with Crippen molar-refractivity contribution in [1.82, 2.24) is 0 Å². The Bertz CT molecular complexity index is 2500. The van der Waals surface area contributed by atoms with Gasteiger partial charge >= 0.3 is 30.2 Å². The Morgan fingerprint density at radius 1 is 0.463 bits per heavy atom. The lowest BCUT2D eigenvalue weighted by atomic mass is 9.94. The van der Waals surface area contributed by atoms with Crippen LogP contribution in [0.5, 0.6) is 34.5 Å². The Kier molecular flexibility index (Phi) is 26.2. The van der Waals surface area contributed by atoms with Crippen LogP contribution in [0.25, 0.3) is 0 Å². The van der Waals surface area contributed by atoms with Crippen LogP contribution in [0.2, 0.25) is 0 Å². The summed E-state index contributed by atoms with van der Waals surface area (Å²) in [6.07, 6.45) is 2.32. The maximum Gasteiger partial charge on any atom is 0.453 e. The van der Waals surface area contributed by atoms with Crippen LogP contribution in [0, 0.1) is 11.8 Å². The highest BCUT2D eigenvalue weighted by molar-refractivity contribution is 5.70. The molecule has 20 heteroatoms. The number of rotatable bonds is 33. The van der Waals surface area contributed by atoms with Gasteiger partial charge in [0.1, 0.15) is 47.7 Å². The number of alkyl halides is 10. The van der Waals surface area contributed by atoms with Crippen LogP contribution < -0.4 is 19.3 Å². The van der Waals surface area contributed by atoms with E-state index in [4.69, 9.17) is 9.47 Å². The summed E-state index contributed by atoms with van der Waals surface area (Å²) in [7, 11) is 0. The molecule has 82 heavy (non-hydrogen) atoms. The minimum Gasteiger partial charge on any atom is -0.508 e. The van der Waals surface area contributed by atoms with Gasteiger partial charge in [-0.25, -0.2) is 0 Å². The topological polar surface area (TPSA) is 143 Å². The minimum atomic E-state index is -5.55. The van der Waals surface area contributed by atoms with Crippen LogP contribution in [0.1, 0.15) is 184 Å². The number of hydrogen-bond acceptors (Lipinski definition) is 9. The van der Waals surface area contributed by atoms with E-state index in [1.807, 2.05) is 36.4 Å². The Balaban J connectivity index is 0.000000301. The summed E-state index contributed by atoms with van der Waals surface area (Å²) in [5.41, 5.74) is 3.92. The summed E-state index contributed by atoms with van der Waals surface area (Å²) < 4.78 is 137. The number of carboxylic acid groups (broad SMARTS) is 1. The molecule has 0 aliphatic carbocycles. The number of phenols is 4. The number of aromatic hydroxyl groups is 4. The van der Waals surface area contributed by atoms with Gasteiger partial charge in [0.05, 0.1) is 29.4 Å². The maximum atomic E-state index is 13.0. The zero-order valence-corrected chi connectivity index (χ0v) is 46.8. The largest absolute Gasteiger partial charge is 0.508 e. The molecule has 2 heterocycles. The molecule has 458 valence electrons. The molecule has 0 fully saturated rings. The standard InChI is InChI=1S/C31H40F5NO5.C31H42F5NO3/c32-30(33,31(34,35)36)18-8-5-7-11-23(29(40)41)10-6-3-1-2-4-9-19-37-26-17-16-25(39)20-28(26)42-21-27(37)22-12-14-24(38)15-13-22;1-23(12-8-6-9-19-30(32,33)31(34,35)36)11-7-4-2-3-5-10-20-37-27-18-17-26(39)21-29(27)40-22-28(37)24-13-15-25(38)16-14-24/h12-17,20,23,27,38-39H,1-11,18-19,21H2,(H,40,41);13-18,21,23,28,38-39H,2-12,19-20,22H2,1H3/t23?,27-;23?,28-/m00/s1. The zero-order valence-electron chi connectivity index (χ0n) is 46.8. The maximum absolute atomic E-state index is 13.0. The SMILES string of the molecule is CC(CCCCCCCCN1c2ccc(O)cc2OC[C@H]1c1ccc(O)cc1)CCCCCC(F)(F)C(F)(F)F.O=C(O)C(CCCCCCCCN1c2ccc(O)cc2OC[C@H]1c1ccc(O)cc1)CCCCCC(F)(F)C(F)(F)F. The van der Waals surface area contributed by atoms with Crippen LogP contribution in [0.15, 0.2) is 84.9 Å². The number of halogens is 10. The van der Waals surface area contributed by atoms with E-state index in [-0.39, 0.29) is 60.8 Å². The molecule has 4 aromatic carbocycles. The first kappa shape index (κ1) is 66.8. The molecule has 2 aliphatic heterocycles. The monoisotopic (exact) mass is 1170 g/mol. The van der Waals surface area contributed by atoms with Gasteiger partial charge in [0.25, 0.3) is 0 Å². The summed E-state index contributed by atoms with van der Waals surface area (Å²) >= 11 is 0. The van der Waals surface area contributed by atoms with E-state index in [1.165, 1.54) is 0 Å². The van der Waals surface area contributed by atoms with Gasteiger partial charge in [-0.15, -0.1) is 0 Å². The Labute approximate surface area is 475 Å². The molecule has 4 atom stereocenters. The number of unbranched alkanes of at least 4 members (excludes halogenated alkanes) is 14. The van der Waals surface area contributed by atoms with Crippen LogP contribution in [0.3, 0.4) is 0 Å². The lowest BCUT2D eigenvalue weighted by Crippen LogP contribution is -2.37. The predicted molar refractivity (Wildman–Crippen MR) is 297 cm³/mol. The molecule has 4 aromatic rings. The number of hydrogen-bond donors (Lipinski definition) is 5.